The second-order valence-electron chi connectivity index (χ2n) is 5.81. The molecule has 0 spiro atoms. The fourth-order valence-corrected chi connectivity index (χ4v) is 2.99. The largest absolute Gasteiger partial charge is 0.457 e. The van der Waals surface area contributed by atoms with E-state index in [0.717, 1.165) is 5.56 Å². The van der Waals surface area contributed by atoms with Gasteiger partial charge in [0, 0.05) is 5.56 Å². The van der Waals surface area contributed by atoms with Crippen molar-refractivity contribution in [1.29, 1.82) is 0 Å². The number of hydrogen-bond acceptors (Lipinski definition) is 3. The molecule has 1 fully saturated rings. The van der Waals surface area contributed by atoms with E-state index in [9.17, 15) is 9.59 Å². The van der Waals surface area contributed by atoms with Crippen LogP contribution in [0, 0.1) is 0 Å². The summed E-state index contributed by atoms with van der Waals surface area (Å²) in [6.45, 7) is 0. The van der Waals surface area contributed by atoms with Crippen molar-refractivity contribution in [3.8, 4) is 11.3 Å². The SMILES string of the molecule is O=C1NN(c2ccccc2)C(=O)/C1=C\c1ccc(-c2ccc(Cl)c(Cl)c2)o1. The van der Waals surface area contributed by atoms with Crippen molar-refractivity contribution in [3.05, 3.63) is 82.0 Å². The Morgan fingerprint density at radius 2 is 1.70 bits per heavy atom. The van der Waals surface area contributed by atoms with E-state index >= 15 is 0 Å². The summed E-state index contributed by atoms with van der Waals surface area (Å²) in [5, 5.41) is 2.06. The average Bonchev–Trinajstić information content (AvgIpc) is 3.25. The number of anilines is 1. The van der Waals surface area contributed by atoms with Gasteiger partial charge < -0.3 is 4.42 Å². The number of halogens is 2. The highest BCUT2D eigenvalue weighted by Gasteiger charge is 2.34. The van der Waals surface area contributed by atoms with Crippen LogP contribution in [0.3, 0.4) is 0 Å². The number of furan rings is 1. The number of rotatable bonds is 3. The minimum atomic E-state index is -0.489. The lowest BCUT2D eigenvalue weighted by Crippen LogP contribution is -2.35. The van der Waals surface area contributed by atoms with E-state index in [1.165, 1.54) is 11.1 Å². The van der Waals surface area contributed by atoms with Crippen LogP contribution in [-0.2, 0) is 9.59 Å². The summed E-state index contributed by atoms with van der Waals surface area (Å²) >= 11 is 12.0. The monoisotopic (exact) mass is 398 g/mol. The number of amides is 2. The molecule has 0 atom stereocenters. The maximum absolute atomic E-state index is 12.6. The van der Waals surface area contributed by atoms with Crippen molar-refractivity contribution in [1.82, 2.24) is 5.43 Å². The third-order valence-corrected chi connectivity index (χ3v) is 4.76. The molecule has 1 aliphatic rings. The van der Waals surface area contributed by atoms with Crippen LogP contribution in [0.2, 0.25) is 10.0 Å². The van der Waals surface area contributed by atoms with Gasteiger partial charge in [0.2, 0.25) is 0 Å². The lowest BCUT2D eigenvalue weighted by molar-refractivity contribution is -0.117. The van der Waals surface area contributed by atoms with Crippen LogP contribution in [0.15, 0.2) is 70.7 Å². The van der Waals surface area contributed by atoms with Crippen LogP contribution in [0.25, 0.3) is 17.4 Å². The minimum absolute atomic E-state index is 0.00566. The normalized spacial score (nSPS) is 15.5. The van der Waals surface area contributed by atoms with Gasteiger partial charge in [0.1, 0.15) is 17.1 Å². The summed E-state index contributed by atoms with van der Waals surface area (Å²) in [7, 11) is 0. The van der Waals surface area contributed by atoms with Gasteiger partial charge in [-0.25, -0.2) is 5.01 Å². The standard InChI is InChI=1S/C20H12Cl2N2O3/c21-16-8-6-12(10-17(16)22)18-9-7-14(27-18)11-15-19(25)23-24(20(15)26)13-4-2-1-3-5-13/h1-11H,(H,23,25)/b15-11-. The first-order chi connectivity index (χ1) is 13.0. The Morgan fingerprint density at radius 3 is 2.44 bits per heavy atom. The summed E-state index contributed by atoms with van der Waals surface area (Å²) in [5.41, 5.74) is 3.86. The summed E-state index contributed by atoms with van der Waals surface area (Å²) in [6, 6.07) is 17.4. The molecule has 0 radical (unpaired) electrons. The maximum Gasteiger partial charge on any atom is 0.282 e. The Bertz CT molecular complexity index is 1070. The lowest BCUT2D eigenvalue weighted by Gasteiger charge is -2.13. The molecule has 2 aromatic carbocycles. The zero-order chi connectivity index (χ0) is 19.0. The van der Waals surface area contributed by atoms with Crippen LogP contribution in [-0.4, -0.2) is 11.8 Å². The van der Waals surface area contributed by atoms with Crippen LogP contribution in [0.5, 0.6) is 0 Å². The first kappa shape index (κ1) is 17.4. The molecule has 5 nitrogen and oxygen atoms in total. The van der Waals surface area contributed by atoms with E-state index in [0.29, 0.717) is 27.3 Å². The molecule has 0 unspecified atom stereocenters. The number of carbonyl (C=O) groups is 2. The molecule has 7 heteroatoms. The molecule has 0 aliphatic carbocycles. The molecule has 134 valence electrons. The smallest absolute Gasteiger partial charge is 0.282 e. The van der Waals surface area contributed by atoms with Gasteiger partial charge in [-0.1, -0.05) is 41.4 Å². The highest BCUT2D eigenvalue weighted by atomic mass is 35.5. The number of hydrogen-bond donors (Lipinski definition) is 1. The highest BCUT2D eigenvalue weighted by Crippen LogP contribution is 2.30. The van der Waals surface area contributed by atoms with Crippen LogP contribution >= 0.6 is 23.2 Å². The molecule has 27 heavy (non-hydrogen) atoms. The molecule has 2 heterocycles. The minimum Gasteiger partial charge on any atom is -0.457 e. The summed E-state index contributed by atoms with van der Waals surface area (Å²) < 4.78 is 5.74. The van der Waals surface area contributed by atoms with Gasteiger partial charge in [-0.05, 0) is 48.5 Å². The Morgan fingerprint density at radius 1 is 0.926 bits per heavy atom. The number of nitrogens with zero attached hydrogens (tertiary/aromatic N) is 1. The molecule has 1 N–H and O–H groups in total. The molecule has 1 aliphatic heterocycles. The number of benzene rings is 2. The Hall–Kier alpha value is -3.02. The van der Waals surface area contributed by atoms with Crippen LogP contribution in [0.4, 0.5) is 5.69 Å². The van der Waals surface area contributed by atoms with Gasteiger partial charge in [0.15, 0.2) is 0 Å². The van der Waals surface area contributed by atoms with Gasteiger partial charge in [-0.15, -0.1) is 0 Å². The average molecular weight is 399 g/mol. The van der Waals surface area contributed by atoms with Gasteiger partial charge >= 0.3 is 0 Å². The predicted octanol–water partition coefficient (Wildman–Crippen LogP) is 4.71. The van der Waals surface area contributed by atoms with Crippen LogP contribution in [0.1, 0.15) is 5.76 Å². The highest BCUT2D eigenvalue weighted by molar-refractivity contribution is 6.42. The molecule has 3 aromatic rings. The number of nitrogens with one attached hydrogen (secondary N) is 1. The molecule has 0 saturated carbocycles. The summed E-state index contributed by atoms with van der Waals surface area (Å²) in [5.74, 6) is -0.00861. The van der Waals surface area contributed by atoms with Crippen molar-refractivity contribution >= 4 is 46.8 Å². The number of hydrazine groups is 1. The Labute approximate surface area is 164 Å². The van der Waals surface area contributed by atoms with E-state index < -0.39 is 11.8 Å². The van der Waals surface area contributed by atoms with Crippen molar-refractivity contribution in [2.24, 2.45) is 0 Å². The van der Waals surface area contributed by atoms with E-state index in [-0.39, 0.29) is 5.57 Å². The fraction of sp³-hybridized carbons (Fsp3) is 0. The topological polar surface area (TPSA) is 62.6 Å². The van der Waals surface area contributed by atoms with Crippen molar-refractivity contribution in [2.45, 2.75) is 0 Å². The van der Waals surface area contributed by atoms with E-state index in [2.05, 4.69) is 5.43 Å². The Kier molecular flexibility index (Phi) is 4.48. The molecule has 4 rings (SSSR count). The van der Waals surface area contributed by atoms with Gasteiger partial charge in [0.25, 0.3) is 11.8 Å². The van der Waals surface area contributed by atoms with Gasteiger partial charge in [0.05, 0.1) is 15.7 Å². The van der Waals surface area contributed by atoms with E-state index in [1.807, 2.05) is 6.07 Å². The third-order valence-electron chi connectivity index (χ3n) is 4.02. The summed E-state index contributed by atoms with van der Waals surface area (Å²) in [6.07, 6.45) is 1.42. The molecule has 2 amide bonds. The van der Waals surface area contributed by atoms with Crippen molar-refractivity contribution in [3.63, 3.8) is 0 Å². The molecule has 0 bridgehead atoms. The van der Waals surface area contributed by atoms with E-state index in [1.54, 1.807) is 54.6 Å². The molecular formula is C20H12Cl2N2O3. The predicted molar refractivity (Wildman–Crippen MR) is 104 cm³/mol. The van der Waals surface area contributed by atoms with Gasteiger partial charge in [-0.2, -0.15) is 0 Å². The second-order valence-corrected chi connectivity index (χ2v) is 6.62. The first-order valence-electron chi connectivity index (χ1n) is 8.00. The first-order valence-corrected chi connectivity index (χ1v) is 8.76. The Balaban J connectivity index is 1.62. The van der Waals surface area contributed by atoms with Gasteiger partial charge in [-0.3, -0.25) is 15.0 Å². The molecular weight excluding hydrogens is 387 g/mol. The lowest BCUT2D eigenvalue weighted by atomic mass is 10.2. The third kappa shape index (κ3) is 3.35. The zero-order valence-corrected chi connectivity index (χ0v) is 15.3. The molecule has 1 aromatic heterocycles. The second kappa shape index (κ2) is 6.95. The maximum atomic E-state index is 12.6. The zero-order valence-electron chi connectivity index (χ0n) is 13.8. The van der Waals surface area contributed by atoms with E-state index in [4.69, 9.17) is 27.6 Å². The fourth-order valence-electron chi connectivity index (χ4n) is 2.69. The van der Waals surface area contributed by atoms with Crippen molar-refractivity contribution < 1.29 is 14.0 Å². The number of carbonyl (C=O) groups excluding carboxylic acids is 2. The van der Waals surface area contributed by atoms with Crippen LogP contribution < -0.4 is 10.4 Å². The quantitative estimate of drug-likeness (QED) is 0.512. The summed E-state index contributed by atoms with van der Waals surface area (Å²) in [4.78, 5) is 24.8. The number of para-hydroxylation sites is 1. The molecule has 1 saturated heterocycles. The van der Waals surface area contributed by atoms with Crippen molar-refractivity contribution in [2.75, 3.05) is 5.01 Å².